The minimum Gasteiger partial charge on any atom is -0.316 e. The first-order chi connectivity index (χ1) is 6.18. The maximum absolute atomic E-state index is 5.81. The summed E-state index contributed by atoms with van der Waals surface area (Å²) in [5, 5.41) is 6.26. The topological polar surface area (TPSA) is 12.0 Å². The molecule has 1 rings (SSSR count). The van der Waals surface area contributed by atoms with Gasteiger partial charge in [0.05, 0.1) is 5.02 Å². The molecule has 1 aromatic heterocycles. The fourth-order valence-electron chi connectivity index (χ4n) is 1.09. The highest BCUT2D eigenvalue weighted by atomic mass is 35.5. The predicted octanol–water partition coefficient (Wildman–Crippen LogP) is 3.19. The van der Waals surface area contributed by atoms with E-state index in [-0.39, 0.29) is 0 Å². The summed E-state index contributed by atoms with van der Waals surface area (Å²) in [6, 6.07) is 2.04. The Balaban J connectivity index is 2.13. The molecule has 1 nitrogen and oxygen atoms in total. The summed E-state index contributed by atoms with van der Waals surface area (Å²) in [4.78, 5) is 1.36. The van der Waals surface area contributed by atoms with E-state index in [1.54, 1.807) is 11.3 Å². The van der Waals surface area contributed by atoms with Gasteiger partial charge in [-0.2, -0.15) is 0 Å². The largest absolute Gasteiger partial charge is 0.316 e. The quantitative estimate of drug-likeness (QED) is 0.748. The molecule has 0 aliphatic rings. The van der Waals surface area contributed by atoms with Crippen molar-refractivity contribution in [3.8, 4) is 0 Å². The van der Waals surface area contributed by atoms with Crippen LogP contribution in [0.5, 0.6) is 0 Å². The normalized spacial score (nSPS) is 11.1. The molecule has 1 heterocycles. The van der Waals surface area contributed by atoms with Crippen LogP contribution in [0.15, 0.2) is 11.4 Å². The molecule has 0 aromatic carbocycles. The van der Waals surface area contributed by atoms with Crippen molar-refractivity contribution in [2.75, 3.05) is 13.1 Å². The molecule has 0 fully saturated rings. The molecule has 0 radical (unpaired) electrons. The second kappa shape index (κ2) is 5.63. The zero-order chi connectivity index (χ0) is 9.68. The Morgan fingerprint density at radius 3 is 2.85 bits per heavy atom. The maximum Gasteiger partial charge on any atom is 0.0515 e. The summed E-state index contributed by atoms with van der Waals surface area (Å²) >= 11 is 7.55. The van der Waals surface area contributed by atoms with Crippen LogP contribution in [0.1, 0.15) is 18.7 Å². The van der Waals surface area contributed by atoms with Crippen LogP contribution in [0.3, 0.4) is 0 Å². The third kappa shape index (κ3) is 4.65. The van der Waals surface area contributed by atoms with E-state index in [4.69, 9.17) is 11.6 Å². The summed E-state index contributed by atoms with van der Waals surface area (Å²) in [6.45, 7) is 6.58. The lowest BCUT2D eigenvalue weighted by Gasteiger charge is -2.05. The third-order valence-corrected chi connectivity index (χ3v) is 3.07. The van der Waals surface area contributed by atoms with E-state index in [9.17, 15) is 0 Å². The van der Waals surface area contributed by atoms with E-state index < -0.39 is 0 Å². The Kier molecular flexibility index (Phi) is 4.78. The molecule has 0 amide bonds. The van der Waals surface area contributed by atoms with Crippen LogP contribution in [0.4, 0.5) is 0 Å². The van der Waals surface area contributed by atoms with Crippen LogP contribution in [0.25, 0.3) is 0 Å². The molecule has 3 heteroatoms. The van der Waals surface area contributed by atoms with Crippen molar-refractivity contribution in [3.63, 3.8) is 0 Å². The fourth-order valence-corrected chi connectivity index (χ4v) is 2.16. The van der Waals surface area contributed by atoms with Gasteiger partial charge in [-0.05, 0) is 31.5 Å². The highest BCUT2D eigenvalue weighted by Crippen LogP contribution is 2.18. The summed E-state index contributed by atoms with van der Waals surface area (Å²) < 4.78 is 0. The van der Waals surface area contributed by atoms with Gasteiger partial charge in [-0.25, -0.2) is 0 Å². The highest BCUT2D eigenvalue weighted by Gasteiger charge is 1.97. The van der Waals surface area contributed by atoms with E-state index in [1.807, 2.05) is 11.4 Å². The molecule has 0 atom stereocenters. The van der Waals surface area contributed by atoms with Gasteiger partial charge in [0.15, 0.2) is 0 Å². The molecular weight excluding hydrogens is 202 g/mol. The van der Waals surface area contributed by atoms with Crippen molar-refractivity contribution < 1.29 is 0 Å². The van der Waals surface area contributed by atoms with Crippen LogP contribution in [-0.2, 0) is 6.42 Å². The van der Waals surface area contributed by atoms with Crippen molar-refractivity contribution in [1.82, 2.24) is 5.32 Å². The van der Waals surface area contributed by atoms with Gasteiger partial charge in [0, 0.05) is 10.3 Å². The van der Waals surface area contributed by atoms with Crippen LogP contribution in [0, 0.1) is 5.92 Å². The van der Waals surface area contributed by atoms with Crippen molar-refractivity contribution in [1.29, 1.82) is 0 Å². The van der Waals surface area contributed by atoms with E-state index in [2.05, 4.69) is 19.2 Å². The second-order valence-electron chi connectivity index (χ2n) is 3.58. The van der Waals surface area contributed by atoms with Gasteiger partial charge in [-0.15, -0.1) is 11.3 Å². The molecule has 0 saturated heterocycles. The lowest BCUT2D eigenvalue weighted by Crippen LogP contribution is -2.21. The number of halogens is 1. The van der Waals surface area contributed by atoms with Gasteiger partial charge in [0.1, 0.15) is 0 Å². The third-order valence-electron chi connectivity index (χ3n) is 1.72. The van der Waals surface area contributed by atoms with Crippen LogP contribution in [-0.4, -0.2) is 13.1 Å². The molecular formula is C10H16ClNS. The van der Waals surface area contributed by atoms with Crippen LogP contribution in [0.2, 0.25) is 5.02 Å². The average molecular weight is 218 g/mol. The lowest BCUT2D eigenvalue weighted by molar-refractivity contribution is 0.555. The van der Waals surface area contributed by atoms with E-state index in [0.29, 0.717) is 0 Å². The van der Waals surface area contributed by atoms with E-state index in [0.717, 1.165) is 30.5 Å². The molecule has 0 bridgehead atoms. The Morgan fingerprint density at radius 1 is 1.54 bits per heavy atom. The summed E-state index contributed by atoms with van der Waals surface area (Å²) in [5.74, 6) is 0.729. The smallest absolute Gasteiger partial charge is 0.0515 e. The monoisotopic (exact) mass is 217 g/mol. The standard InChI is InChI=1S/C10H16ClNS/c1-8(2)6-12-4-3-10-5-9(11)7-13-10/h5,7-8,12H,3-4,6H2,1-2H3. The fraction of sp³-hybridized carbons (Fsp3) is 0.600. The maximum atomic E-state index is 5.81. The van der Waals surface area contributed by atoms with Gasteiger partial charge in [0.25, 0.3) is 0 Å². The summed E-state index contributed by atoms with van der Waals surface area (Å²) in [5.41, 5.74) is 0. The van der Waals surface area contributed by atoms with Gasteiger partial charge < -0.3 is 5.32 Å². The first kappa shape index (κ1) is 11.0. The number of nitrogens with one attached hydrogen (secondary N) is 1. The highest BCUT2D eigenvalue weighted by molar-refractivity contribution is 7.10. The van der Waals surface area contributed by atoms with Crippen molar-refractivity contribution in [2.45, 2.75) is 20.3 Å². The molecule has 13 heavy (non-hydrogen) atoms. The minimum atomic E-state index is 0.729. The molecule has 0 aliphatic carbocycles. The molecule has 1 aromatic rings. The SMILES string of the molecule is CC(C)CNCCc1cc(Cl)cs1. The molecule has 0 spiro atoms. The Bertz CT molecular complexity index is 245. The number of thiophene rings is 1. The summed E-state index contributed by atoms with van der Waals surface area (Å²) in [7, 11) is 0. The van der Waals surface area contributed by atoms with Crippen molar-refractivity contribution in [3.05, 3.63) is 21.3 Å². The average Bonchev–Trinajstić information content (AvgIpc) is 2.45. The van der Waals surface area contributed by atoms with Crippen LogP contribution >= 0.6 is 22.9 Å². The zero-order valence-electron chi connectivity index (χ0n) is 8.14. The van der Waals surface area contributed by atoms with E-state index >= 15 is 0 Å². The number of hydrogen-bond donors (Lipinski definition) is 1. The van der Waals surface area contributed by atoms with Crippen molar-refractivity contribution in [2.24, 2.45) is 5.92 Å². The molecule has 0 saturated carbocycles. The first-order valence-electron chi connectivity index (χ1n) is 4.62. The first-order valence-corrected chi connectivity index (χ1v) is 5.88. The molecule has 1 N–H and O–H groups in total. The Hall–Kier alpha value is -0.0500. The minimum absolute atomic E-state index is 0.729. The molecule has 0 aliphatic heterocycles. The van der Waals surface area contributed by atoms with Gasteiger partial charge in [-0.1, -0.05) is 25.4 Å². The Labute approximate surface area is 89.1 Å². The number of rotatable bonds is 5. The van der Waals surface area contributed by atoms with Gasteiger partial charge in [0.2, 0.25) is 0 Å². The van der Waals surface area contributed by atoms with Gasteiger partial charge >= 0.3 is 0 Å². The lowest BCUT2D eigenvalue weighted by atomic mass is 10.2. The van der Waals surface area contributed by atoms with Gasteiger partial charge in [-0.3, -0.25) is 0 Å². The number of hydrogen-bond acceptors (Lipinski definition) is 2. The van der Waals surface area contributed by atoms with E-state index in [1.165, 1.54) is 4.88 Å². The Morgan fingerprint density at radius 2 is 2.31 bits per heavy atom. The predicted molar refractivity (Wildman–Crippen MR) is 60.7 cm³/mol. The molecule has 0 unspecified atom stereocenters. The second-order valence-corrected chi connectivity index (χ2v) is 5.01. The van der Waals surface area contributed by atoms with Crippen LogP contribution < -0.4 is 5.32 Å². The zero-order valence-corrected chi connectivity index (χ0v) is 9.71. The van der Waals surface area contributed by atoms with Crippen molar-refractivity contribution >= 4 is 22.9 Å². The summed E-state index contributed by atoms with van der Waals surface area (Å²) in [6.07, 6.45) is 1.09. The molecule has 74 valence electrons.